The van der Waals surface area contributed by atoms with Gasteiger partial charge in [-0.05, 0) is 98.4 Å². The van der Waals surface area contributed by atoms with Crippen LogP contribution < -0.4 is 14.4 Å². The first kappa shape index (κ1) is 37.9. The normalized spacial score (nSPS) is 14.5. The number of fused-ring (bicyclic) bond motifs is 23. The number of nitrogens with zero attached hydrogens (tertiary/aromatic N) is 1. The monoisotopic (exact) mass is 893 g/mol. The molecule has 0 saturated heterocycles. The van der Waals surface area contributed by atoms with Gasteiger partial charge in [-0.25, -0.2) is 0 Å². The summed E-state index contributed by atoms with van der Waals surface area (Å²) in [5.74, 6) is 3.32. The maximum atomic E-state index is 7.47. The third kappa shape index (κ3) is 4.65. The molecule has 70 heavy (non-hydrogen) atoms. The lowest BCUT2D eigenvalue weighted by atomic mass is 9.66. The van der Waals surface area contributed by atoms with E-state index in [1.807, 2.05) is 0 Å². The average molecular weight is 894 g/mol. The molecule has 3 heterocycles. The molecular weight excluding hydrogens is 855 g/mol. The molecule has 0 atom stereocenters. The molecule has 4 aliphatic rings. The molecule has 2 aliphatic carbocycles. The Morgan fingerprint density at radius 3 is 1.46 bits per heavy atom. The maximum absolute atomic E-state index is 7.47. The van der Waals surface area contributed by atoms with E-state index in [2.05, 4.69) is 241 Å². The van der Waals surface area contributed by atoms with Crippen molar-refractivity contribution in [2.45, 2.75) is 10.8 Å². The fourth-order valence-corrected chi connectivity index (χ4v) is 13.1. The van der Waals surface area contributed by atoms with Gasteiger partial charge in [0.05, 0.1) is 27.6 Å². The molecule has 2 spiro atoms. The van der Waals surface area contributed by atoms with Gasteiger partial charge in [-0.3, -0.25) is 0 Å². The fourth-order valence-electron chi connectivity index (χ4n) is 13.1. The highest BCUT2D eigenvalue weighted by Crippen LogP contribution is 2.66. The van der Waals surface area contributed by atoms with Gasteiger partial charge >= 0.3 is 0 Å². The Balaban J connectivity index is 1.05. The van der Waals surface area contributed by atoms with Gasteiger partial charge in [0.1, 0.15) is 28.4 Å². The fraction of sp³-hybridized carbons (Fsp3) is 0.0303. The summed E-state index contributed by atoms with van der Waals surface area (Å²) in [4.78, 5) is 2.44. The second-order valence-corrected chi connectivity index (χ2v) is 19.0. The van der Waals surface area contributed by atoms with Crippen LogP contribution in [0.5, 0.6) is 23.0 Å². The van der Waals surface area contributed by atoms with Crippen molar-refractivity contribution in [3.05, 3.63) is 281 Å². The molecule has 11 aromatic carbocycles. The van der Waals surface area contributed by atoms with Crippen molar-refractivity contribution in [3.63, 3.8) is 0 Å². The summed E-state index contributed by atoms with van der Waals surface area (Å²) in [7, 11) is 0. The van der Waals surface area contributed by atoms with E-state index in [4.69, 9.17) is 13.9 Å². The number of hydrogen-bond acceptors (Lipinski definition) is 4. The minimum absolute atomic E-state index is 0.658. The lowest BCUT2D eigenvalue weighted by Crippen LogP contribution is -2.33. The standard InChI is InChI=1S/C66H39NO3/c1-2-19-42-40(18-1)38-57(62-47-24-7-14-33-58(47)69-63(42)62)67(41-36-37-61-55(39-41)66(52-29-12-15-34-59(52)68-61)50-27-10-5-22-45(50)46-23-6-11-28-51(46)66)56-32-17-31-54-64(56)70-60-35-16-13-30-53(60)65(54)48-25-8-3-20-43(48)44-21-4-9-26-49(44)65/h1-39H. The lowest BCUT2D eigenvalue weighted by molar-refractivity contribution is 0.436. The quantitative estimate of drug-likeness (QED) is 0.177. The number of para-hydroxylation sites is 4. The molecule has 4 nitrogen and oxygen atoms in total. The zero-order valence-electron chi connectivity index (χ0n) is 37.7. The molecule has 0 fully saturated rings. The Morgan fingerprint density at radius 1 is 0.329 bits per heavy atom. The van der Waals surface area contributed by atoms with Crippen LogP contribution in [0.4, 0.5) is 17.1 Å². The molecule has 326 valence electrons. The van der Waals surface area contributed by atoms with Crippen molar-refractivity contribution in [1.29, 1.82) is 0 Å². The van der Waals surface area contributed by atoms with Crippen LogP contribution >= 0.6 is 0 Å². The topological polar surface area (TPSA) is 34.8 Å². The average Bonchev–Trinajstić information content (AvgIpc) is 4.06. The highest BCUT2D eigenvalue weighted by molar-refractivity contribution is 6.22. The zero-order valence-corrected chi connectivity index (χ0v) is 37.7. The largest absolute Gasteiger partial charge is 0.457 e. The van der Waals surface area contributed by atoms with Gasteiger partial charge in [-0.15, -0.1) is 0 Å². The molecule has 4 heteroatoms. The van der Waals surface area contributed by atoms with Crippen molar-refractivity contribution in [1.82, 2.24) is 0 Å². The van der Waals surface area contributed by atoms with Crippen LogP contribution in [0.1, 0.15) is 44.5 Å². The van der Waals surface area contributed by atoms with E-state index in [9.17, 15) is 0 Å². The summed E-state index contributed by atoms with van der Waals surface area (Å²) in [6, 6.07) is 85.8. The third-order valence-electron chi connectivity index (χ3n) is 15.8. The molecule has 0 radical (unpaired) electrons. The van der Waals surface area contributed by atoms with E-state index < -0.39 is 10.8 Å². The van der Waals surface area contributed by atoms with Gasteiger partial charge in [0, 0.05) is 38.7 Å². The predicted octanol–water partition coefficient (Wildman–Crippen LogP) is 17.1. The number of benzene rings is 11. The highest BCUT2D eigenvalue weighted by Gasteiger charge is 2.53. The van der Waals surface area contributed by atoms with Crippen LogP contribution in [-0.4, -0.2) is 0 Å². The van der Waals surface area contributed by atoms with Crippen LogP contribution in [0.2, 0.25) is 0 Å². The zero-order chi connectivity index (χ0) is 45.7. The maximum Gasteiger partial charge on any atom is 0.156 e. The lowest BCUT2D eigenvalue weighted by Gasteiger charge is -2.42. The summed E-state index contributed by atoms with van der Waals surface area (Å²) in [6.07, 6.45) is 0. The van der Waals surface area contributed by atoms with E-state index in [0.29, 0.717) is 0 Å². The minimum Gasteiger partial charge on any atom is -0.457 e. The van der Waals surface area contributed by atoms with Crippen molar-refractivity contribution in [2.24, 2.45) is 0 Å². The third-order valence-corrected chi connectivity index (χ3v) is 15.8. The molecule has 0 amide bonds. The Hall–Kier alpha value is -9.12. The minimum atomic E-state index is -0.674. The van der Waals surface area contributed by atoms with Crippen molar-refractivity contribution in [3.8, 4) is 45.3 Å². The van der Waals surface area contributed by atoms with E-state index in [1.165, 1.54) is 44.5 Å². The molecule has 0 unspecified atom stereocenters. The van der Waals surface area contributed by atoms with Crippen molar-refractivity contribution < 1.29 is 13.9 Å². The van der Waals surface area contributed by atoms with Gasteiger partial charge in [-0.2, -0.15) is 0 Å². The molecule has 1 aromatic heterocycles. The van der Waals surface area contributed by atoms with Crippen LogP contribution in [0.25, 0.3) is 55.0 Å². The van der Waals surface area contributed by atoms with Gasteiger partial charge in [-0.1, -0.05) is 188 Å². The highest BCUT2D eigenvalue weighted by atomic mass is 16.5. The first-order valence-corrected chi connectivity index (χ1v) is 24.1. The summed E-state index contributed by atoms with van der Waals surface area (Å²) in [5.41, 5.74) is 17.5. The number of furan rings is 1. The van der Waals surface area contributed by atoms with Crippen LogP contribution in [0, 0.1) is 0 Å². The Labute approximate surface area is 403 Å². The molecule has 2 aliphatic heterocycles. The van der Waals surface area contributed by atoms with Crippen LogP contribution in [-0.2, 0) is 10.8 Å². The number of rotatable bonds is 3. The molecule has 16 rings (SSSR count). The molecule has 0 saturated carbocycles. The predicted molar refractivity (Wildman–Crippen MR) is 281 cm³/mol. The number of anilines is 3. The SMILES string of the molecule is c1ccc2c(c1)Oc1ccc(N(c3cccc4c3Oc3ccccc3C43c4ccccc4-c4ccccc43)c3cc4ccccc4c4oc5ccccc5c34)cc1C21c2ccccc2-c2ccccc21. The Morgan fingerprint density at radius 2 is 0.814 bits per heavy atom. The first-order chi connectivity index (χ1) is 34.7. The Kier molecular flexibility index (Phi) is 7.45. The molecule has 12 aromatic rings. The van der Waals surface area contributed by atoms with Gasteiger partial charge in [0.15, 0.2) is 5.75 Å². The molecule has 0 N–H and O–H groups in total. The van der Waals surface area contributed by atoms with E-state index in [-0.39, 0.29) is 0 Å². The molecular formula is C66H39NO3. The molecule has 0 bridgehead atoms. The van der Waals surface area contributed by atoms with Crippen molar-refractivity contribution >= 4 is 49.8 Å². The summed E-state index contributed by atoms with van der Waals surface area (Å²) < 4.78 is 21.4. The van der Waals surface area contributed by atoms with Gasteiger partial charge in [0.25, 0.3) is 0 Å². The second kappa shape index (κ2) is 13.7. The van der Waals surface area contributed by atoms with Crippen molar-refractivity contribution in [2.75, 3.05) is 4.90 Å². The summed E-state index contributed by atoms with van der Waals surface area (Å²) in [5, 5.41) is 4.20. The first-order valence-electron chi connectivity index (χ1n) is 24.1. The Bertz CT molecular complexity index is 4140. The van der Waals surface area contributed by atoms with E-state index in [0.717, 1.165) is 95.0 Å². The van der Waals surface area contributed by atoms with E-state index in [1.54, 1.807) is 0 Å². The van der Waals surface area contributed by atoms with Gasteiger partial charge < -0.3 is 18.8 Å². The summed E-state index contributed by atoms with van der Waals surface area (Å²) >= 11 is 0. The smallest absolute Gasteiger partial charge is 0.156 e. The van der Waals surface area contributed by atoms with E-state index >= 15 is 0 Å². The second-order valence-electron chi connectivity index (χ2n) is 19.0. The number of hydrogen-bond donors (Lipinski definition) is 0. The number of ether oxygens (including phenoxy) is 2. The van der Waals surface area contributed by atoms with Crippen LogP contribution in [0.3, 0.4) is 0 Å². The van der Waals surface area contributed by atoms with Gasteiger partial charge in [0.2, 0.25) is 0 Å². The van der Waals surface area contributed by atoms with Crippen LogP contribution in [0.15, 0.2) is 241 Å². The summed E-state index contributed by atoms with van der Waals surface area (Å²) in [6.45, 7) is 0.